The first-order valence-electron chi connectivity index (χ1n) is 5.95. The summed E-state index contributed by atoms with van der Waals surface area (Å²) < 4.78 is 35.2. The molecule has 2 aromatic carbocycles. The Morgan fingerprint density at radius 1 is 1.24 bits per heavy atom. The molecule has 0 fully saturated rings. The van der Waals surface area contributed by atoms with Crippen molar-refractivity contribution in [1.82, 2.24) is 9.55 Å². The highest BCUT2D eigenvalue weighted by atomic mass is 79.9. The molecule has 0 saturated heterocycles. The lowest BCUT2D eigenvalue weighted by atomic mass is 10.2. The van der Waals surface area contributed by atoms with Crippen LogP contribution < -0.4 is 4.74 Å². The van der Waals surface area contributed by atoms with E-state index in [-0.39, 0.29) is 16.2 Å². The van der Waals surface area contributed by atoms with Gasteiger partial charge >= 0.3 is 0 Å². The van der Waals surface area contributed by atoms with Gasteiger partial charge in [0.15, 0.2) is 16.3 Å². The maximum absolute atomic E-state index is 14.2. The smallest absolute Gasteiger partial charge is 0.182 e. The third-order valence-corrected chi connectivity index (χ3v) is 4.04. The number of H-pyrrole nitrogens is 1. The minimum atomic E-state index is -0.513. The van der Waals surface area contributed by atoms with Crippen molar-refractivity contribution >= 4 is 39.2 Å². The first kappa shape index (κ1) is 14.2. The van der Waals surface area contributed by atoms with Crippen molar-refractivity contribution in [3.8, 4) is 11.4 Å². The molecule has 1 aromatic heterocycles. The predicted molar refractivity (Wildman–Crippen MR) is 82.6 cm³/mol. The molecule has 3 aromatic rings. The highest BCUT2D eigenvalue weighted by molar-refractivity contribution is 9.10. The molecule has 0 atom stereocenters. The molecule has 0 aliphatic heterocycles. The summed E-state index contributed by atoms with van der Waals surface area (Å²) in [5.74, 6) is -0.886. The van der Waals surface area contributed by atoms with Gasteiger partial charge in [0.05, 0.1) is 23.8 Å². The van der Waals surface area contributed by atoms with Crippen molar-refractivity contribution in [2.45, 2.75) is 0 Å². The monoisotopic (exact) mass is 370 g/mol. The molecular formula is C14H9BrF2N2OS. The lowest BCUT2D eigenvalue weighted by molar-refractivity contribution is 0.387. The van der Waals surface area contributed by atoms with E-state index in [0.717, 1.165) is 0 Å². The molecule has 0 saturated carbocycles. The molecule has 1 heterocycles. The van der Waals surface area contributed by atoms with Crippen LogP contribution in [0.15, 0.2) is 34.8 Å². The van der Waals surface area contributed by atoms with E-state index in [1.807, 2.05) is 0 Å². The van der Waals surface area contributed by atoms with Gasteiger partial charge in [-0.3, -0.25) is 4.57 Å². The Balaban J connectivity index is 2.43. The number of hydrogen-bond donors (Lipinski definition) is 1. The highest BCUT2D eigenvalue weighted by Gasteiger charge is 2.16. The number of hydrogen-bond acceptors (Lipinski definition) is 2. The topological polar surface area (TPSA) is 29.9 Å². The molecule has 0 aliphatic carbocycles. The Morgan fingerprint density at radius 3 is 2.67 bits per heavy atom. The number of nitrogens with one attached hydrogen (secondary N) is 1. The minimum absolute atomic E-state index is 0.0673. The third kappa shape index (κ3) is 2.26. The molecule has 108 valence electrons. The van der Waals surface area contributed by atoms with Gasteiger partial charge < -0.3 is 9.72 Å². The number of rotatable bonds is 2. The molecule has 0 bridgehead atoms. The number of nitrogens with zero attached hydrogens (tertiary/aromatic N) is 1. The second kappa shape index (κ2) is 5.23. The van der Waals surface area contributed by atoms with Gasteiger partial charge in [0.2, 0.25) is 0 Å². The summed E-state index contributed by atoms with van der Waals surface area (Å²) in [6.45, 7) is 0. The Bertz CT molecular complexity index is 884. The number of para-hydroxylation sites is 1. The van der Waals surface area contributed by atoms with Gasteiger partial charge in [-0.15, -0.1) is 0 Å². The lowest BCUT2D eigenvalue weighted by Gasteiger charge is -2.09. The Hall–Kier alpha value is -1.73. The van der Waals surface area contributed by atoms with Crippen molar-refractivity contribution in [2.75, 3.05) is 7.11 Å². The number of benzene rings is 2. The average molecular weight is 371 g/mol. The molecule has 0 spiro atoms. The second-order valence-electron chi connectivity index (χ2n) is 4.34. The van der Waals surface area contributed by atoms with Gasteiger partial charge in [-0.05, 0) is 40.3 Å². The fourth-order valence-electron chi connectivity index (χ4n) is 2.19. The van der Waals surface area contributed by atoms with E-state index in [1.165, 1.54) is 29.9 Å². The number of methoxy groups -OCH3 is 1. The molecule has 0 unspecified atom stereocenters. The summed E-state index contributed by atoms with van der Waals surface area (Å²) in [6, 6.07) is 7.38. The van der Waals surface area contributed by atoms with E-state index in [9.17, 15) is 8.78 Å². The van der Waals surface area contributed by atoms with E-state index >= 15 is 0 Å². The zero-order chi connectivity index (χ0) is 15.1. The van der Waals surface area contributed by atoms with Crippen LogP contribution in [-0.4, -0.2) is 16.7 Å². The molecule has 0 radical (unpaired) electrons. The minimum Gasteiger partial charge on any atom is -0.494 e. The van der Waals surface area contributed by atoms with E-state index in [2.05, 4.69) is 20.9 Å². The number of aromatic amines is 1. The fraction of sp³-hybridized carbons (Fsp3) is 0.0714. The van der Waals surface area contributed by atoms with Crippen LogP contribution in [-0.2, 0) is 0 Å². The normalized spacial score (nSPS) is 11.0. The first-order chi connectivity index (χ1) is 10.0. The number of halogens is 3. The van der Waals surface area contributed by atoms with Crippen molar-refractivity contribution in [2.24, 2.45) is 0 Å². The van der Waals surface area contributed by atoms with Gasteiger partial charge in [-0.2, -0.15) is 0 Å². The maximum atomic E-state index is 14.2. The fourth-order valence-corrected chi connectivity index (χ4v) is 3.01. The Kier molecular flexibility index (Phi) is 3.54. The van der Waals surface area contributed by atoms with Crippen molar-refractivity contribution in [3.63, 3.8) is 0 Å². The van der Waals surface area contributed by atoms with Crippen molar-refractivity contribution in [3.05, 3.63) is 51.2 Å². The van der Waals surface area contributed by atoms with E-state index in [1.54, 1.807) is 12.1 Å². The van der Waals surface area contributed by atoms with Gasteiger partial charge in [0.1, 0.15) is 5.82 Å². The second-order valence-corrected chi connectivity index (χ2v) is 5.58. The molecule has 0 amide bonds. The molecule has 3 nitrogen and oxygen atoms in total. The van der Waals surface area contributed by atoms with Crippen LogP contribution in [0.4, 0.5) is 8.78 Å². The summed E-state index contributed by atoms with van der Waals surface area (Å²) in [5, 5.41) is 0. The highest BCUT2D eigenvalue weighted by Crippen LogP contribution is 2.31. The average Bonchev–Trinajstić information content (AvgIpc) is 2.73. The van der Waals surface area contributed by atoms with Crippen LogP contribution in [0.1, 0.15) is 0 Å². The zero-order valence-corrected chi connectivity index (χ0v) is 13.2. The lowest BCUT2D eigenvalue weighted by Crippen LogP contribution is -1.99. The van der Waals surface area contributed by atoms with Gasteiger partial charge in [0.25, 0.3) is 0 Å². The summed E-state index contributed by atoms with van der Waals surface area (Å²) in [6.07, 6.45) is 0. The zero-order valence-electron chi connectivity index (χ0n) is 10.8. The van der Waals surface area contributed by atoms with Gasteiger partial charge in [-0.1, -0.05) is 6.07 Å². The summed E-state index contributed by atoms with van der Waals surface area (Å²) in [7, 11) is 1.37. The molecular weight excluding hydrogens is 362 g/mol. The SMILES string of the molecule is COc1cc2c(cc1F)[nH]c(=S)n2-c1c(F)cccc1Br. The summed E-state index contributed by atoms with van der Waals surface area (Å²) >= 11 is 8.55. The van der Waals surface area contributed by atoms with Crippen molar-refractivity contribution < 1.29 is 13.5 Å². The van der Waals surface area contributed by atoms with E-state index in [0.29, 0.717) is 15.5 Å². The molecule has 1 N–H and O–H groups in total. The van der Waals surface area contributed by atoms with E-state index in [4.69, 9.17) is 17.0 Å². The van der Waals surface area contributed by atoms with Crippen LogP contribution in [0.25, 0.3) is 16.7 Å². The van der Waals surface area contributed by atoms with Gasteiger partial charge in [0, 0.05) is 16.6 Å². The third-order valence-electron chi connectivity index (χ3n) is 3.12. The number of imidazole rings is 1. The van der Waals surface area contributed by atoms with Crippen molar-refractivity contribution in [1.29, 1.82) is 0 Å². The van der Waals surface area contributed by atoms with Crippen LogP contribution in [0.2, 0.25) is 0 Å². The van der Waals surface area contributed by atoms with Crippen LogP contribution in [0, 0.1) is 16.4 Å². The molecule has 7 heteroatoms. The molecule has 3 rings (SSSR count). The van der Waals surface area contributed by atoms with Crippen LogP contribution in [0.3, 0.4) is 0 Å². The standard InChI is InChI=1S/C14H9BrF2N2OS/c1-20-12-6-11-10(5-9(12)17)18-14(21)19(11)13-7(15)3-2-4-8(13)16/h2-6H,1H3,(H,18,21). The number of fused-ring (bicyclic) bond motifs is 1. The number of aromatic nitrogens is 2. The Labute approximate surface area is 132 Å². The summed E-state index contributed by atoms with van der Waals surface area (Å²) in [4.78, 5) is 2.87. The predicted octanol–water partition coefficient (Wildman–Crippen LogP) is 4.74. The first-order valence-corrected chi connectivity index (χ1v) is 7.15. The largest absolute Gasteiger partial charge is 0.494 e. The van der Waals surface area contributed by atoms with Crippen LogP contribution in [0.5, 0.6) is 5.75 Å². The van der Waals surface area contributed by atoms with Crippen LogP contribution >= 0.6 is 28.1 Å². The quantitative estimate of drug-likeness (QED) is 0.660. The van der Waals surface area contributed by atoms with Gasteiger partial charge in [-0.25, -0.2) is 8.78 Å². The number of ether oxygens (including phenoxy) is 1. The van der Waals surface area contributed by atoms with E-state index < -0.39 is 11.6 Å². The molecule has 0 aliphatic rings. The maximum Gasteiger partial charge on any atom is 0.182 e. The Morgan fingerprint density at radius 2 is 2.00 bits per heavy atom. The molecule has 21 heavy (non-hydrogen) atoms. The summed E-state index contributed by atoms with van der Waals surface area (Å²) in [5.41, 5.74) is 1.26.